The minimum Gasteiger partial charge on any atom is -0.462 e. The Labute approximate surface area is 143 Å². The van der Waals surface area contributed by atoms with Crippen LogP contribution in [-0.2, 0) is 16.1 Å². The maximum atomic E-state index is 12.1. The molecule has 2 aromatic carbocycles. The van der Waals surface area contributed by atoms with Gasteiger partial charge in [-0.15, -0.1) is 0 Å². The molecule has 4 nitrogen and oxygen atoms in total. The van der Waals surface area contributed by atoms with E-state index in [4.69, 9.17) is 4.74 Å². The van der Waals surface area contributed by atoms with Gasteiger partial charge in [0.05, 0.1) is 17.1 Å². The summed E-state index contributed by atoms with van der Waals surface area (Å²) in [6.07, 6.45) is -0.131. The minimum absolute atomic E-state index is 0.131. The van der Waals surface area contributed by atoms with Gasteiger partial charge in [-0.3, -0.25) is 4.79 Å². The fourth-order valence-corrected chi connectivity index (χ4v) is 2.75. The third-order valence-corrected chi connectivity index (χ3v) is 3.94. The molecule has 0 atom stereocenters. The van der Waals surface area contributed by atoms with E-state index in [0.717, 1.165) is 26.9 Å². The minimum atomic E-state index is -0.262. The average Bonchev–Trinajstić information content (AvgIpc) is 2.86. The molecular weight excluding hydrogens is 356 g/mol. The number of carbonyl (C=O) groups is 1. The summed E-state index contributed by atoms with van der Waals surface area (Å²) in [4.78, 5) is 16.8. The number of hydrogen-bond donors (Lipinski definition) is 0. The largest absolute Gasteiger partial charge is 0.462 e. The molecule has 0 aliphatic carbocycles. The van der Waals surface area contributed by atoms with Crippen LogP contribution in [0, 0.1) is 0 Å². The van der Waals surface area contributed by atoms with Crippen LogP contribution in [0.1, 0.15) is 13.8 Å². The van der Waals surface area contributed by atoms with Crippen LogP contribution in [-0.4, -0.2) is 21.6 Å². The van der Waals surface area contributed by atoms with E-state index in [2.05, 4.69) is 20.9 Å². The average molecular weight is 373 g/mol. The lowest BCUT2D eigenvalue weighted by atomic mass is 10.2. The van der Waals surface area contributed by atoms with Gasteiger partial charge in [-0.25, -0.2) is 4.98 Å². The quantitative estimate of drug-likeness (QED) is 0.636. The highest BCUT2D eigenvalue weighted by molar-refractivity contribution is 9.10. The van der Waals surface area contributed by atoms with E-state index in [0.29, 0.717) is 0 Å². The van der Waals surface area contributed by atoms with E-state index in [1.807, 2.05) is 66.9 Å². The molecule has 0 amide bonds. The summed E-state index contributed by atoms with van der Waals surface area (Å²) in [6.45, 7) is 3.84. The fraction of sp³-hybridized carbons (Fsp3) is 0.222. The van der Waals surface area contributed by atoms with Gasteiger partial charge < -0.3 is 9.30 Å². The summed E-state index contributed by atoms with van der Waals surface area (Å²) < 4.78 is 8.20. The first-order valence-corrected chi connectivity index (χ1v) is 8.24. The second-order valence-electron chi connectivity index (χ2n) is 5.56. The molecule has 5 heteroatoms. The molecule has 0 radical (unpaired) electrons. The van der Waals surface area contributed by atoms with Crippen molar-refractivity contribution in [2.75, 3.05) is 0 Å². The molecule has 3 rings (SSSR count). The third kappa shape index (κ3) is 3.45. The predicted molar refractivity (Wildman–Crippen MR) is 94.1 cm³/mol. The van der Waals surface area contributed by atoms with Gasteiger partial charge in [-0.05, 0) is 38.1 Å². The van der Waals surface area contributed by atoms with E-state index in [9.17, 15) is 4.79 Å². The van der Waals surface area contributed by atoms with Gasteiger partial charge >= 0.3 is 5.97 Å². The Morgan fingerprint density at radius 3 is 2.57 bits per heavy atom. The monoisotopic (exact) mass is 372 g/mol. The number of aromatic nitrogens is 2. The lowest BCUT2D eigenvalue weighted by Gasteiger charge is -2.11. The van der Waals surface area contributed by atoms with Gasteiger partial charge in [0.1, 0.15) is 12.4 Å². The number of carbonyl (C=O) groups excluding carboxylic acids is 1. The van der Waals surface area contributed by atoms with Crippen LogP contribution >= 0.6 is 15.9 Å². The number of para-hydroxylation sites is 2. The first-order valence-electron chi connectivity index (χ1n) is 7.45. The Hall–Kier alpha value is -2.14. The summed E-state index contributed by atoms with van der Waals surface area (Å²) in [7, 11) is 0. The van der Waals surface area contributed by atoms with Gasteiger partial charge in [0.25, 0.3) is 0 Å². The Bertz CT molecular complexity index is 838. The van der Waals surface area contributed by atoms with Crippen LogP contribution < -0.4 is 0 Å². The molecule has 3 aromatic rings. The van der Waals surface area contributed by atoms with Crippen molar-refractivity contribution in [1.82, 2.24) is 9.55 Å². The van der Waals surface area contributed by atoms with E-state index in [1.165, 1.54) is 0 Å². The zero-order chi connectivity index (χ0) is 16.4. The summed E-state index contributed by atoms with van der Waals surface area (Å²) in [5.74, 6) is 0.501. The highest BCUT2D eigenvalue weighted by Crippen LogP contribution is 2.26. The molecule has 0 fully saturated rings. The molecule has 1 aromatic heterocycles. The Morgan fingerprint density at radius 1 is 1.17 bits per heavy atom. The zero-order valence-electron chi connectivity index (χ0n) is 13.0. The smallest absolute Gasteiger partial charge is 0.326 e. The van der Waals surface area contributed by atoms with E-state index >= 15 is 0 Å². The number of esters is 1. The number of nitrogens with zero attached hydrogens (tertiary/aromatic N) is 2. The number of imidazole rings is 1. The summed E-state index contributed by atoms with van der Waals surface area (Å²) in [6, 6.07) is 15.7. The first-order chi connectivity index (χ1) is 11.0. The van der Waals surface area contributed by atoms with Crippen molar-refractivity contribution < 1.29 is 9.53 Å². The molecule has 0 saturated heterocycles. The van der Waals surface area contributed by atoms with Gasteiger partial charge in [-0.2, -0.15) is 0 Å². The molecule has 0 unspecified atom stereocenters. The third-order valence-electron chi connectivity index (χ3n) is 3.41. The number of benzene rings is 2. The van der Waals surface area contributed by atoms with Crippen LogP contribution in [0.15, 0.2) is 53.0 Å². The van der Waals surface area contributed by atoms with Crippen molar-refractivity contribution in [3.8, 4) is 11.4 Å². The summed E-state index contributed by atoms with van der Waals surface area (Å²) in [5, 5.41) is 0. The van der Waals surface area contributed by atoms with E-state index in [-0.39, 0.29) is 18.6 Å². The maximum absolute atomic E-state index is 12.1. The number of ether oxygens (including phenoxy) is 1. The van der Waals surface area contributed by atoms with Gasteiger partial charge in [0.2, 0.25) is 0 Å². The number of fused-ring (bicyclic) bond motifs is 1. The molecule has 23 heavy (non-hydrogen) atoms. The van der Waals surface area contributed by atoms with Crippen molar-refractivity contribution in [3.63, 3.8) is 0 Å². The topological polar surface area (TPSA) is 44.1 Å². The van der Waals surface area contributed by atoms with Crippen molar-refractivity contribution in [3.05, 3.63) is 53.0 Å². The number of rotatable bonds is 4. The number of halogens is 1. The zero-order valence-corrected chi connectivity index (χ0v) is 14.6. The molecular formula is C18H17BrN2O2. The predicted octanol–water partition coefficient (Wildman–Crippen LogP) is 4.42. The maximum Gasteiger partial charge on any atom is 0.326 e. The molecule has 0 aliphatic heterocycles. The van der Waals surface area contributed by atoms with Crippen LogP contribution in [0.5, 0.6) is 0 Å². The molecule has 0 aliphatic rings. The van der Waals surface area contributed by atoms with Crippen molar-refractivity contribution in [2.45, 2.75) is 26.5 Å². The van der Waals surface area contributed by atoms with Crippen molar-refractivity contribution in [2.24, 2.45) is 0 Å². The fourth-order valence-electron chi connectivity index (χ4n) is 2.48. The highest BCUT2D eigenvalue weighted by Gasteiger charge is 2.16. The standard InChI is InChI=1S/C18H17BrN2O2/c1-12(2)23-17(22)11-21-16-6-4-3-5-15(16)20-18(21)13-7-9-14(19)10-8-13/h3-10,12H,11H2,1-2H3. The second-order valence-corrected chi connectivity index (χ2v) is 6.47. The lowest BCUT2D eigenvalue weighted by molar-refractivity contribution is -0.147. The molecule has 0 N–H and O–H groups in total. The van der Waals surface area contributed by atoms with Crippen LogP contribution in [0.2, 0.25) is 0 Å². The molecule has 118 valence electrons. The van der Waals surface area contributed by atoms with E-state index in [1.54, 1.807) is 0 Å². The summed E-state index contributed by atoms with van der Waals surface area (Å²) in [5.41, 5.74) is 2.75. The Balaban J connectivity index is 2.07. The highest BCUT2D eigenvalue weighted by atomic mass is 79.9. The second kappa shape index (κ2) is 6.54. The van der Waals surface area contributed by atoms with Gasteiger partial charge in [0, 0.05) is 10.0 Å². The van der Waals surface area contributed by atoms with Crippen molar-refractivity contribution >= 4 is 32.9 Å². The lowest BCUT2D eigenvalue weighted by Crippen LogP contribution is -2.18. The molecule has 1 heterocycles. The van der Waals surface area contributed by atoms with E-state index < -0.39 is 0 Å². The van der Waals surface area contributed by atoms with Crippen molar-refractivity contribution in [1.29, 1.82) is 0 Å². The number of hydrogen-bond acceptors (Lipinski definition) is 3. The van der Waals surface area contributed by atoms with Gasteiger partial charge in [0.15, 0.2) is 0 Å². The molecule has 0 spiro atoms. The summed E-state index contributed by atoms with van der Waals surface area (Å²) >= 11 is 3.44. The Kier molecular flexibility index (Phi) is 4.48. The Morgan fingerprint density at radius 2 is 1.87 bits per heavy atom. The first kappa shape index (κ1) is 15.7. The normalized spacial score (nSPS) is 11.1. The van der Waals surface area contributed by atoms with Crippen LogP contribution in [0.4, 0.5) is 0 Å². The molecule has 0 saturated carbocycles. The van der Waals surface area contributed by atoms with Gasteiger partial charge in [-0.1, -0.05) is 40.2 Å². The van der Waals surface area contributed by atoms with Crippen LogP contribution in [0.3, 0.4) is 0 Å². The molecule has 0 bridgehead atoms. The SMILES string of the molecule is CC(C)OC(=O)Cn1c(-c2ccc(Br)cc2)nc2ccccc21. The van der Waals surface area contributed by atoms with Crippen LogP contribution in [0.25, 0.3) is 22.4 Å².